The van der Waals surface area contributed by atoms with Crippen molar-refractivity contribution < 1.29 is 0 Å². The first-order valence-electron chi connectivity index (χ1n) is 5.85. The Hall–Kier alpha value is 0.270. The van der Waals surface area contributed by atoms with Crippen molar-refractivity contribution in [3.05, 3.63) is 0 Å². The fourth-order valence-electron chi connectivity index (χ4n) is 2.32. The van der Waals surface area contributed by atoms with E-state index in [1.54, 1.807) is 0 Å². The van der Waals surface area contributed by atoms with Crippen molar-refractivity contribution in [2.75, 3.05) is 24.6 Å². The zero-order chi connectivity index (χ0) is 9.97. The van der Waals surface area contributed by atoms with Gasteiger partial charge in [-0.25, -0.2) is 0 Å². The summed E-state index contributed by atoms with van der Waals surface area (Å²) in [6.07, 6.45) is 4.15. The molecule has 2 nitrogen and oxygen atoms in total. The van der Waals surface area contributed by atoms with Crippen LogP contribution in [0.25, 0.3) is 0 Å². The average Bonchev–Trinajstić information content (AvgIpc) is 2.05. The zero-order valence-corrected chi connectivity index (χ0v) is 9.93. The number of thioether (sulfide) groups is 1. The van der Waals surface area contributed by atoms with Crippen LogP contribution in [0.1, 0.15) is 26.2 Å². The molecule has 0 spiro atoms. The van der Waals surface area contributed by atoms with Crippen molar-refractivity contribution in [1.82, 2.24) is 4.90 Å². The van der Waals surface area contributed by atoms with Gasteiger partial charge in [-0.05, 0) is 25.7 Å². The fraction of sp³-hybridized carbons (Fsp3) is 1.00. The van der Waals surface area contributed by atoms with Crippen molar-refractivity contribution in [3.63, 3.8) is 0 Å². The van der Waals surface area contributed by atoms with Gasteiger partial charge < -0.3 is 5.73 Å². The summed E-state index contributed by atoms with van der Waals surface area (Å²) in [6, 6.07) is 1.18. The highest BCUT2D eigenvalue weighted by atomic mass is 32.2. The van der Waals surface area contributed by atoms with Crippen molar-refractivity contribution >= 4 is 11.8 Å². The summed E-state index contributed by atoms with van der Waals surface area (Å²) in [5.41, 5.74) is 6.22. The van der Waals surface area contributed by atoms with Gasteiger partial charge in [-0.1, -0.05) is 6.42 Å². The Balaban J connectivity index is 1.76. The Morgan fingerprint density at radius 2 is 2.29 bits per heavy atom. The maximum Gasteiger partial charge on any atom is 0.0196 e. The molecule has 1 aliphatic carbocycles. The van der Waals surface area contributed by atoms with Crippen molar-refractivity contribution in [2.45, 2.75) is 38.3 Å². The molecule has 0 amide bonds. The first-order chi connectivity index (χ1) is 6.77. The number of hydrogen-bond donors (Lipinski definition) is 1. The van der Waals surface area contributed by atoms with Gasteiger partial charge in [-0.3, -0.25) is 4.90 Å². The lowest BCUT2D eigenvalue weighted by Gasteiger charge is -2.39. The van der Waals surface area contributed by atoms with Gasteiger partial charge in [0.1, 0.15) is 0 Å². The Kier molecular flexibility index (Phi) is 3.74. The second-order valence-electron chi connectivity index (χ2n) is 4.77. The topological polar surface area (TPSA) is 29.3 Å². The maximum atomic E-state index is 6.22. The predicted molar refractivity (Wildman–Crippen MR) is 63.7 cm³/mol. The summed E-state index contributed by atoms with van der Waals surface area (Å²) in [5.74, 6) is 3.41. The molecule has 2 atom stereocenters. The van der Waals surface area contributed by atoms with Crippen LogP contribution >= 0.6 is 11.8 Å². The summed E-state index contributed by atoms with van der Waals surface area (Å²) >= 11 is 2.08. The highest BCUT2D eigenvalue weighted by Gasteiger charge is 2.28. The second kappa shape index (κ2) is 4.86. The molecule has 1 saturated heterocycles. The van der Waals surface area contributed by atoms with Crippen LogP contribution in [0.15, 0.2) is 0 Å². The SMILES string of the molecule is CC1CSCCN1CC(N)C1CCC1. The maximum absolute atomic E-state index is 6.22. The number of hydrogen-bond acceptors (Lipinski definition) is 3. The van der Waals surface area contributed by atoms with E-state index >= 15 is 0 Å². The molecule has 0 aromatic rings. The van der Waals surface area contributed by atoms with Crippen LogP contribution in [0.5, 0.6) is 0 Å². The van der Waals surface area contributed by atoms with Gasteiger partial charge in [-0.2, -0.15) is 11.8 Å². The van der Waals surface area contributed by atoms with Crippen LogP contribution in [0.4, 0.5) is 0 Å². The second-order valence-corrected chi connectivity index (χ2v) is 5.92. The lowest BCUT2D eigenvalue weighted by molar-refractivity contribution is 0.165. The summed E-state index contributed by atoms with van der Waals surface area (Å²) in [4.78, 5) is 2.58. The third-order valence-corrected chi connectivity index (χ3v) is 4.90. The van der Waals surface area contributed by atoms with Crippen LogP contribution in [0.2, 0.25) is 0 Å². The molecule has 2 rings (SSSR count). The molecule has 1 saturated carbocycles. The van der Waals surface area contributed by atoms with Crippen LogP contribution in [-0.2, 0) is 0 Å². The van der Waals surface area contributed by atoms with Crippen molar-refractivity contribution in [1.29, 1.82) is 0 Å². The molecule has 3 heteroatoms. The first-order valence-corrected chi connectivity index (χ1v) is 7.00. The molecular weight excluding hydrogens is 192 g/mol. The molecule has 0 aromatic heterocycles. The summed E-state index contributed by atoms with van der Waals surface area (Å²) in [6.45, 7) is 4.71. The summed E-state index contributed by atoms with van der Waals surface area (Å²) < 4.78 is 0. The molecule has 2 unspecified atom stereocenters. The quantitative estimate of drug-likeness (QED) is 0.773. The van der Waals surface area contributed by atoms with E-state index in [0.29, 0.717) is 6.04 Å². The van der Waals surface area contributed by atoms with Gasteiger partial charge in [0.15, 0.2) is 0 Å². The Bertz CT molecular complexity index is 182. The lowest BCUT2D eigenvalue weighted by Crippen LogP contribution is -2.50. The van der Waals surface area contributed by atoms with Gasteiger partial charge in [-0.15, -0.1) is 0 Å². The highest BCUT2D eigenvalue weighted by Crippen LogP contribution is 2.29. The van der Waals surface area contributed by atoms with Gasteiger partial charge in [0.2, 0.25) is 0 Å². The monoisotopic (exact) mass is 214 g/mol. The van der Waals surface area contributed by atoms with Gasteiger partial charge in [0.25, 0.3) is 0 Å². The molecule has 1 heterocycles. The van der Waals surface area contributed by atoms with E-state index in [2.05, 4.69) is 23.6 Å². The summed E-state index contributed by atoms with van der Waals surface area (Å²) in [5, 5.41) is 0. The molecule has 2 aliphatic rings. The molecule has 2 fully saturated rings. The molecule has 0 aromatic carbocycles. The van der Waals surface area contributed by atoms with Crippen molar-refractivity contribution in [3.8, 4) is 0 Å². The van der Waals surface area contributed by atoms with Gasteiger partial charge >= 0.3 is 0 Å². The number of nitrogens with zero attached hydrogens (tertiary/aromatic N) is 1. The van der Waals surface area contributed by atoms with Crippen LogP contribution in [0, 0.1) is 5.92 Å². The lowest BCUT2D eigenvalue weighted by atomic mass is 9.80. The average molecular weight is 214 g/mol. The van der Waals surface area contributed by atoms with Crippen LogP contribution in [0.3, 0.4) is 0 Å². The number of nitrogens with two attached hydrogens (primary N) is 1. The van der Waals surface area contributed by atoms with E-state index in [1.165, 1.54) is 37.3 Å². The van der Waals surface area contributed by atoms with Gasteiger partial charge in [0, 0.05) is 36.7 Å². The molecular formula is C11H22N2S. The predicted octanol–water partition coefficient (Wildman–Crippen LogP) is 1.55. The third-order valence-electron chi connectivity index (χ3n) is 3.71. The standard InChI is InChI=1S/C11H22N2S/c1-9-8-14-6-5-13(9)7-11(12)10-3-2-4-10/h9-11H,2-8,12H2,1H3. The smallest absolute Gasteiger partial charge is 0.0196 e. The van der Waals surface area contributed by atoms with Gasteiger partial charge in [0.05, 0.1) is 0 Å². The highest BCUT2D eigenvalue weighted by molar-refractivity contribution is 7.99. The first kappa shape index (κ1) is 10.8. The molecule has 14 heavy (non-hydrogen) atoms. The Labute approximate surface area is 91.6 Å². The van der Waals surface area contributed by atoms with E-state index in [9.17, 15) is 0 Å². The normalized spacial score (nSPS) is 32.6. The van der Waals surface area contributed by atoms with E-state index in [4.69, 9.17) is 5.73 Å². The molecule has 1 aliphatic heterocycles. The Morgan fingerprint density at radius 3 is 2.86 bits per heavy atom. The number of rotatable bonds is 3. The van der Waals surface area contributed by atoms with E-state index < -0.39 is 0 Å². The zero-order valence-electron chi connectivity index (χ0n) is 9.11. The van der Waals surface area contributed by atoms with Crippen LogP contribution in [-0.4, -0.2) is 41.6 Å². The third kappa shape index (κ3) is 2.44. The van der Waals surface area contributed by atoms with E-state index in [1.807, 2.05) is 0 Å². The molecule has 0 radical (unpaired) electrons. The minimum Gasteiger partial charge on any atom is -0.326 e. The largest absolute Gasteiger partial charge is 0.326 e. The fourth-order valence-corrected chi connectivity index (χ4v) is 3.40. The Morgan fingerprint density at radius 1 is 1.50 bits per heavy atom. The van der Waals surface area contributed by atoms with Crippen LogP contribution < -0.4 is 5.73 Å². The minimum atomic E-state index is 0.439. The molecule has 82 valence electrons. The minimum absolute atomic E-state index is 0.439. The summed E-state index contributed by atoms with van der Waals surface area (Å²) in [7, 11) is 0. The molecule has 2 N–H and O–H groups in total. The van der Waals surface area contributed by atoms with E-state index in [-0.39, 0.29) is 0 Å². The molecule has 0 bridgehead atoms. The van der Waals surface area contributed by atoms with E-state index in [0.717, 1.165) is 18.5 Å². The van der Waals surface area contributed by atoms with Crippen molar-refractivity contribution in [2.24, 2.45) is 11.7 Å².